The topological polar surface area (TPSA) is 142 Å². The summed E-state index contributed by atoms with van der Waals surface area (Å²) in [7, 11) is 0. The molecule has 0 saturated carbocycles. The molecule has 9 heteroatoms. The van der Waals surface area contributed by atoms with Crippen LogP contribution < -0.4 is 33.3 Å². The number of hydrazine groups is 1. The van der Waals surface area contributed by atoms with Crippen LogP contribution in [0.5, 0.6) is 0 Å². The fraction of sp³-hybridized carbons (Fsp3) is 0.0476. The van der Waals surface area contributed by atoms with Gasteiger partial charge in [0.15, 0.2) is 0 Å². The molecule has 3 aromatic rings. The molecule has 0 aromatic heterocycles. The number of guanidine groups is 1. The molecule has 0 aliphatic carbocycles. The van der Waals surface area contributed by atoms with Gasteiger partial charge >= 0.3 is 0 Å². The van der Waals surface area contributed by atoms with Crippen LogP contribution in [0.1, 0.15) is 0 Å². The van der Waals surface area contributed by atoms with Crippen molar-refractivity contribution < 1.29 is 0 Å². The number of anilines is 6. The molecular formula is C21H23N9. The molecule has 0 amide bonds. The third-order valence-corrected chi connectivity index (χ3v) is 4.35. The van der Waals surface area contributed by atoms with Crippen LogP contribution in [0.25, 0.3) is 0 Å². The Balaban J connectivity index is 1.55. The van der Waals surface area contributed by atoms with E-state index >= 15 is 0 Å². The summed E-state index contributed by atoms with van der Waals surface area (Å²) >= 11 is 0. The summed E-state index contributed by atoms with van der Waals surface area (Å²) < 4.78 is 0. The average molecular weight is 401 g/mol. The third kappa shape index (κ3) is 4.71. The van der Waals surface area contributed by atoms with Gasteiger partial charge in [0.05, 0.1) is 5.69 Å². The molecule has 0 radical (unpaired) electrons. The van der Waals surface area contributed by atoms with Crippen molar-refractivity contribution in [2.75, 3.05) is 33.3 Å². The van der Waals surface area contributed by atoms with E-state index in [-0.39, 0.29) is 0 Å². The van der Waals surface area contributed by atoms with Gasteiger partial charge in [-0.15, -0.1) is 0 Å². The summed E-state index contributed by atoms with van der Waals surface area (Å²) in [4.78, 5) is 9.09. The zero-order valence-corrected chi connectivity index (χ0v) is 16.2. The molecule has 152 valence electrons. The molecule has 1 heterocycles. The predicted molar refractivity (Wildman–Crippen MR) is 125 cm³/mol. The Labute approximate surface area is 174 Å². The third-order valence-electron chi connectivity index (χ3n) is 4.35. The first-order valence-corrected chi connectivity index (χ1v) is 9.32. The second-order valence-electron chi connectivity index (χ2n) is 6.73. The minimum absolute atomic E-state index is 0.461. The van der Waals surface area contributed by atoms with Gasteiger partial charge in [-0.25, -0.2) is 15.0 Å². The van der Waals surface area contributed by atoms with E-state index in [0.29, 0.717) is 23.0 Å². The number of nitrogen functional groups attached to an aromatic ring is 3. The zero-order chi connectivity index (χ0) is 20.9. The average Bonchev–Trinajstić information content (AvgIpc) is 2.75. The minimum atomic E-state index is -0.472. The van der Waals surface area contributed by atoms with Crippen molar-refractivity contribution in [3.8, 4) is 0 Å². The number of nitrogens with zero attached hydrogens (tertiary/aromatic N) is 3. The van der Waals surface area contributed by atoms with Crippen molar-refractivity contribution in [1.29, 1.82) is 0 Å². The van der Waals surface area contributed by atoms with E-state index in [0.717, 1.165) is 17.1 Å². The van der Waals surface area contributed by atoms with Crippen molar-refractivity contribution in [1.82, 2.24) is 5.01 Å². The monoisotopic (exact) mass is 401 g/mol. The van der Waals surface area contributed by atoms with E-state index < -0.39 is 6.29 Å². The number of nitrogens with one attached hydrogen (secondary N) is 3. The van der Waals surface area contributed by atoms with E-state index in [4.69, 9.17) is 17.2 Å². The van der Waals surface area contributed by atoms with Crippen LogP contribution in [-0.2, 0) is 0 Å². The van der Waals surface area contributed by atoms with Crippen LogP contribution in [0.4, 0.5) is 34.1 Å². The van der Waals surface area contributed by atoms with E-state index in [1.54, 1.807) is 11.3 Å². The normalized spacial score (nSPS) is 15.4. The van der Waals surface area contributed by atoms with E-state index in [9.17, 15) is 0 Å². The molecule has 0 fully saturated rings. The Morgan fingerprint density at radius 3 is 1.73 bits per heavy atom. The molecule has 0 bridgehead atoms. The molecule has 0 spiro atoms. The number of hydrogen-bond acceptors (Lipinski definition) is 9. The van der Waals surface area contributed by atoms with Crippen LogP contribution in [0, 0.1) is 0 Å². The summed E-state index contributed by atoms with van der Waals surface area (Å²) in [6.45, 7) is 0. The van der Waals surface area contributed by atoms with Crippen LogP contribution in [-0.4, -0.2) is 23.6 Å². The molecule has 30 heavy (non-hydrogen) atoms. The maximum atomic E-state index is 5.79. The summed E-state index contributed by atoms with van der Waals surface area (Å²) in [5, 5.41) is 8.31. The maximum Gasteiger partial charge on any atom is 0.227 e. The Morgan fingerprint density at radius 1 is 0.667 bits per heavy atom. The van der Waals surface area contributed by atoms with Crippen LogP contribution in [0.15, 0.2) is 82.8 Å². The van der Waals surface area contributed by atoms with Crippen molar-refractivity contribution in [2.24, 2.45) is 9.98 Å². The fourth-order valence-electron chi connectivity index (χ4n) is 2.78. The van der Waals surface area contributed by atoms with Crippen LogP contribution >= 0.6 is 0 Å². The van der Waals surface area contributed by atoms with Crippen molar-refractivity contribution in [3.63, 3.8) is 0 Å². The summed E-state index contributed by atoms with van der Waals surface area (Å²) in [6.07, 6.45) is 1.19. The lowest BCUT2D eigenvalue weighted by Crippen LogP contribution is -2.46. The highest BCUT2D eigenvalue weighted by Crippen LogP contribution is 2.18. The van der Waals surface area contributed by atoms with Gasteiger partial charge in [0.25, 0.3) is 0 Å². The first kappa shape index (κ1) is 18.9. The first-order chi connectivity index (χ1) is 14.5. The number of nitrogens with two attached hydrogens (primary N) is 3. The summed E-state index contributed by atoms with van der Waals surface area (Å²) in [5.74, 6) is 0.461. The van der Waals surface area contributed by atoms with E-state index in [1.165, 1.54) is 0 Å². The molecule has 1 aliphatic heterocycles. The fourth-order valence-corrected chi connectivity index (χ4v) is 2.78. The molecule has 4 rings (SSSR count). The smallest absolute Gasteiger partial charge is 0.227 e. The van der Waals surface area contributed by atoms with Crippen molar-refractivity contribution in [3.05, 3.63) is 72.8 Å². The van der Waals surface area contributed by atoms with Gasteiger partial charge in [-0.05, 0) is 72.8 Å². The molecule has 9 nitrogen and oxygen atoms in total. The van der Waals surface area contributed by atoms with Crippen LogP contribution in [0.3, 0.4) is 0 Å². The first-order valence-electron chi connectivity index (χ1n) is 9.32. The van der Waals surface area contributed by atoms with E-state index in [1.807, 2.05) is 72.8 Å². The second-order valence-corrected chi connectivity index (χ2v) is 6.73. The Morgan fingerprint density at radius 2 is 1.17 bits per heavy atom. The lowest BCUT2D eigenvalue weighted by atomic mass is 10.3. The van der Waals surface area contributed by atoms with Gasteiger partial charge in [0, 0.05) is 28.4 Å². The number of aliphatic imine (C=N–C) groups is 2. The van der Waals surface area contributed by atoms with Gasteiger partial charge in [-0.1, -0.05) is 0 Å². The molecule has 1 aliphatic rings. The molecule has 9 N–H and O–H groups in total. The lowest BCUT2D eigenvalue weighted by molar-refractivity contribution is 0.413. The van der Waals surface area contributed by atoms with Gasteiger partial charge in [-0.2, -0.15) is 0 Å². The van der Waals surface area contributed by atoms with Gasteiger partial charge in [0.1, 0.15) is 6.34 Å². The van der Waals surface area contributed by atoms with E-state index in [2.05, 4.69) is 26.0 Å². The Kier molecular flexibility index (Phi) is 5.25. The number of rotatable bonds is 5. The summed E-state index contributed by atoms with van der Waals surface area (Å²) in [5.41, 5.74) is 25.2. The van der Waals surface area contributed by atoms with Gasteiger partial charge in [-0.3, -0.25) is 5.43 Å². The quantitative estimate of drug-likeness (QED) is 0.361. The predicted octanol–water partition coefficient (Wildman–Crippen LogP) is 2.97. The highest BCUT2D eigenvalue weighted by molar-refractivity contribution is 5.99. The lowest BCUT2D eigenvalue weighted by Gasteiger charge is -2.32. The number of benzene rings is 3. The SMILES string of the molecule is Nc1ccc(NC2=NC(Nc3ccc(N)cc3)N(Nc3ccc(N)cc3)C=N2)cc1. The number of hydrogen-bond donors (Lipinski definition) is 6. The Bertz CT molecular complexity index is 1040. The maximum absolute atomic E-state index is 5.79. The molecule has 1 unspecified atom stereocenters. The van der Waals surface area contributed by atoms with Crippen molar-refractivity contribution >= 4 is 46.4 Å². The van der Waals surface area contributed by atoms with Crippen LogP contribution in [0.2, 0.25) is 0 Å². The Hall–Kier alpha value is -4.40. The minimum Gasteiger partial charge on any atom is -0.399 e. The zero-order valence-electron chi connectivity index (χ0n) is 16.2. The standard InChI is InChI=1S/C21H23N9/c22-14-1-7-17(8-2-14)26-20-25-13-30(29-19-11-5-16(24)6-12-19)21(28-20)27-18-9-3-15(23)4-10-18/h1-13,21,27,29H,22-24H2,(H,26,28). The molecule has 3 aromatic carbocycles. The largest absolute Gasteiger partial charge is 0.399 e. The van der Waals surface area contributed by atoms with Gasteiger partial charge < -0.3 is 27.8 Å². The summed E-state index contributed by atoms with van der Waals surface area (Å²) in [6, 6.07) is 22.2. The molecule has 1 atom stereocenters. The highest BCUT2D eigenvalue weighted by atomic mass is 15.6. The molecular weight excluding hydrogens is 378 g/mol. The van der Waals surface area contributed by atoms with Gasteiger partial charge in [0.2, 0.25) is 12.2 Å². The van der Waals surface area contributed by atoms with Crippen molar-refractivity contribution in [2.45, 2.75) is 6.29 Å². The highest BCUT2D eigenvalue weighted by Gasteiger charge is 2.20. The molecule has 0 saturated heterocycles. The second kappa shape index (κ2) is 8.31.